The number of aryl methyl sites for hydroxylation is 1. The number of hydrogen-bond acceptors (Lipinski definition) is 5. The first kappa shape index (κ1) is 9.08. The predicted molar refractivity (Wildman–Crippen MR) is 56.1 cm³/mol. The van der Waals surface area contributed by atoms with Crippen LogP contribution in [0.4, 0.5) is 5.69 Å². The van der Waals surface area contributed by atoms with Gasteiger partial charge in [-0.15, -0.1) is 11.3 Å². The van der Waals surface area contributed by atoms with E-state index < -0.39 is 0 Å². The van der Waals surface area contributed by atoms with Crippen molar-refractivity contribution < 1.29 is 0 Å². The fourth-order valence-electron chi connectivity index (χ4n) is 1.11. The fourth-order valence-corrected chi connectivity index (χ4v) is 1.72. The van der Waals surface area contributed by atoms with E-state index in [0.29, 0.717) is 12.1 Å². The van der Waals surface area contributed by atoms with Crippen LogP contribution in [0.25, 0.3) is 0 Å². The second kappa shape index (κ2) is 3.71. The van der Waals surface area contributed by atoms with E-state index in [1.54, 1.807) is 23.7 Å². The number of rotatable bonds is 2. The lowest BCUT2D eigenvalue weighted by Gasteiger charge is -1.96. The van der Waals surface area contributed by atoms with Gasteiger partial charge in [0.15, 0.2) is 0 Å². The highest BCUT2D eigenvalue weighted by Gasteiger charge is 2.02. The van der Waals surface area contributed by atoms with E-state index in [0.717, 1.165) is 16.5 Å². The molecule has 2 aromatic heterocycles. The second-order valence-electron chi connectivity index (χ2n) is 2.97. The van der Waals surface area contributed by atoms with Crippen LogP contribution in [-0.4, -0.2) is 15.0 Å². The van der Waals surface area contributed by atoms with Crippen LogP contribution in [0.3, 0.4) is 0 Å². The normalized spacial score (nSPS) is 10.4. The van der Waals surface area contributed by atoms with Crippen molar-refractivity contribution >= 4 is 17.0 Å². The lowest BCUT2D eigenvalue weighted by Crippen LogP contribution is -1.98. The Morgan fingerprint density at radius 3 is 2.64 bits per heavy atom. The third-order valence-corrected chi connectivity index (χ3v) is 2.55. The largest absolute Gasteiger partial charge is 0.396 e. The monoisotopic (exact) mass is 206 g/mol. The highest BCUT2D eigenvalue weighted by atomic mass is 32.1. The third-order valence-electron chi connectivity index (χ3n) is 1.73. The first-order valence-corrected chi connectivity index (χ1v) is 5.09. The van der Waals surface area contributed by atoms with Gasteiger partial charge in [-0.25, -0.2) is 15.0 Å². The average Bonchev–Trinajstić information content (AvgIpc) is 2.56. The van der Waals surface area contributed by atoms with Crippen molar-refractivity contribution in [2.24, 2.45) is 0 Å². The van der Waals surface area contributed by atoms with Crippen molar-refractivity contribution in [1.82, 2.24) is 15.0 Å². The summed E-state index contributed by atoms with van der Waals surface area (Å²) in [4.78, 5) is 12.6. The maximum atomic E-state index is 5.49. The zero-order valence-electron chi connectivity index (χ0n) is 7.77. The van der Waals surface area contributed by atoms with Crippen LogP contribution in [0, 0.1) is 6.92 Å². The molecule has 4 nitrogen and oxygen atoms in total. The minimum absolute atomic E-state index is 0.586. The van der Waals surface area contributed by atoms with Gasteiger partial charge in [0.2, 0.25) is 0 Å². The van der Waals surface area contributed by atoms with E-state index in [4.69, 9.17) is 5.73 Å². The van der Waals surface area contributed by atoms with Crippen molar-refractivity contribution in [2.75, 3.05) is 5.73 Å². The van der Waals surface area contributed by atoms with Crippen LogP contribution in [-0.2, 0) is 6.42 Å². The van der Waals surface area contributed by atoms with Crippen molar-refractivity contribution in [3.63, 3.8) is 0 Å². The summed E-state index contributed by atoms with van der Waals surface area (Å²) < 4.78 is 0. The molecule has 2 rings (SSSR count). The zero-order valence-corrected chi connectivity index (χ0v) is 8.58. The Kier molecular flexibility index (Phi) is 2.41. The number of hydrogen-bond donors (Lipinski definition) is 1. The fraction of sp³-hybridized carbons (Fsp3) is 0.222. The maximum absolute atomic E-state index is 5.49. The van der Waals surface area contributed by atoms with Crippen molar-refractivity contribution in [1.29, 1.82) is 0 Å². The first-order valence-electron chi connectivity index (χ1n) is 4.21. The molecule has 0 unspecified atom stereocenters. The highest BCUT2D eigenvalue weighted by molar-refractivity contribution is 7.09. The Bertz CT molecular complexity index is 421. The molecule has 0 fully saturated rings. The molecule has 0 aliphatic carbocycles. The summed E-state index contributed by atoms with van der Waals surface area (Å²) in [5.41, 5.74) is 7.08. The van der Waals surface area contributed by atoms with E-state index in [1.165, 1.54) is 0 Å². The molecule has 0 aliphatic heterocycles. The Morgan fingerprint density at radius 2 is 2.07 bits per heavy atom. The van der Waals surface area contributed by atoms with E-state index in [9.17, 15) is 0 Å². The van der Waals surface area contributed by atoms with Crippen LogP contribution < -0.4 is 5.73 Å². The Balaban J connectivity index is 2.15. The van der Waals surface area contributed by atoms with Gasteiger partial charge < -0.3 is 5.73 Å². The van der Waals surface area contributed by atoms with E-state index in [2.05, 4.69) is 15.0 Å². The average molecular weight is 206 g/mol. The molecule has 0 saturated heterocycles. The number of nitrogens with zero attached hydrogens (tertiary/aromatic N) is 3. The number of aromatic nitrogens is 3. The van der Waals surface area contributed by atoms with Gasteiger partial charge in [-0.05, 0) is 6.92 Å². The van der Waals surface area contributed by atoms with Crippen LogP contribution in [0.5, 0.6) is 0 Å². The molecule has 0 bridgehead atoms. The number of nitrogen functional groups attached to an aromatic ring is 1. The molecule has 5 heteroatoms. The summed E-state index contributed by atoms with van der Waals surface area (Å²) >= 11 is 1.64. The summed E-state index contributed by atoms with van der Waals surface area (Å²) in [6.45, 7) is 1.98. The van der Waals surface area contributed by atoms with E-state index >= 15 is 0 Å². The summed E-state index contributed by atoms with van der Waals surface area (Å²) in [6, 6.07) is 0. The molecule has 0 radical (unpaired) electrons. The Morgan fingerprint density at radius 1 is 1.36 bits per heavy atom. The summed E-state index contributed by atoms with van der Waals surface area (Å²) in [6.07, 6.45) is 3.90. The number of nitrogens with two attached hydrogens (primary N) is 1. The van der Waals surface area contributed by atoms with Crippen LogP contribution in [0.2, 0.25) is 0 Å². The maximum Gasteiger partial charge on any atom is 0.134 e. The van der Waals surface area contributed by atoms with Gasteiger partial charge in [0.25, 0.3) is 0 Å². The van der Waals surface area contributed by atoms with Gasteiger partial charge in [0.1, 0.15) is 5.82 Å². The molecule has 2 aromatic rings. The molecule has 72 valence electrons. The summed E-state index contributed by atoms with van der Waals surface area (Å²) in [7, 11) is 0. The Hall–Kier alpha value is -1.49. The van der Waals surface area contributed by atoms with Crippen LogP contribution in [0.15, 0.2) is 17.8 Å². The predicted octanol–water partition coefficient (Wildman–Crippen LogP) is 1.41. The number of anilines is 1. The minimum Gasteiger partial charge on any atom is -0.396 e. The van der Waals surface area contributed by atoms with Crippen molar-refractivity contribution in [3.05, 3.63) is 34.3 Å². The van der Waals surface area contributed by atoms with Gasteiger partial charge in [-0.3, -0.25) is 0 Å². The van der Waals surface area contributed by atoms with Gasteiger partial charge in [0.05, 0.1) is 35.2 Å². The molecule has 0 atom stereocenters. The van der Waals surface area contributed by atoms with Crippen LogP contribution in [0.1, 0.15) is 16.5 Å². The molecule has 0 aliphatic rings. The molecular weight excluding hydrogens is 196 g/mol. The standard InChI is InChI=1S/C9H10N4S/c1-6-13-8(5-14-6)2-9-11-3-7(10)4-12-9/h3-5H,2,10H2,1H3. The topological polar surface area (TPSA) is 64.7 Å². The minimum atomic E-state index is 0.586. The third kappa shape index (κ3) is 2.05. The zero-order chi connectivity index (χ0) is 9.97. The van der Waals surface area contributed by atoms with Crippen molar-refractivity contribution in [2.45, 2.75) is 13.3 Å². The molecular formula is C9H10N4S. The first-order chi connectivity index (χ1) is 6.74. The van der Waals surface area contributed by atoms with E-state index in [1.807, 2.05) is 12.3 Å². The molecule has 0 amide bonds. The SMILES string of the molecule is Cc1nc(Cc2ncc(N)cn2)cs1. The molecule has 0 aromatic carbocycles. The smallest absolute Gasteiger partial charge is 0.134 e. The van der Waals surface area contributed by atoms with Gasteiger partial charge in [-0.2, -0.15) is 0 Å². The quantitative estimate of drug-likeness (QED) is 0.807. The second-order valence-corrected chi connectivity index (χ2v) is 4.03. The molecule has 0 saturated carbocycles. The van der Waals surface area contributed by atoms with Crippen molar-refractivity contribution in [3.8, 4) is 0 Å². The van der Waals surface area contributed by atoms with Gasteiger partial charge in [0, 0.05) is 5.38 Å². The van der Waals surface area contributed by atoms with Gasteiger partial charge in [-0.1, -0.05) is 0 Å². The molecule has 2 N–H and O–H groups in total. The molecule has 2 heterocycles. The van der Waals surface area contributed by atoms with Crippen LogP contribution >= 0.6 is 11.3 Å². The Labute approximate surface area is 85.9 Å². The van der Waals surface area contributed by atoms with E-state index in [-0.39, 0.29) is 0 Å². The van der Waals surface area contributed by atoms with Gasteiger partial charge >= 0.3 is 0 Å². The molecule has 14 heavy (non-hydrogen) atoms. The summed E-state index contributed by atoms with van der Waals surface area (Å²) in [5.74, 6) is 0.754. The lowest BCUT2D eigenvalue weighted by atomic mass is 10.3. The lowest BCUT2D eigenvalue weighted by molar-refractivity contribution is 0.942. The summed E-state index contributed by atoms with van der Waals surface area (Å²) in [5, 5.41) is 3.09. The molecule has 0 spiro atoms. The highest BCUT2D eigenvalue weighted by Crippen LogP contribution is 2.10. The number of thiazole rings is 1.